The number of nitrogens with one attached hydrogen (secondary N) is 1. The van der Waals surface area contributed by atoms with Gasteiger partial charge in [-0.25, -0.2) is 4.98 Å². The number of anilines is 2. The predicted octanol–water partition coefficient (Wildman–Crippen LogP) is 2.57. The third-order valence-corrected chi connectivity index (χ3v) is 3.45. The first kappa shape index (κ1) is 14.5. The molecule has 0 bridgehead atoms. The number of pyridine rings is 2. The zero-order valence-corrected chi connectivity index (χ0v) is 12.1. The van der Waals surface area contributed by atoms with E-state index in [0.717, 1.165) is 36.0 Å². The minimum absolute atomic E-state index is 0.0591. The second-order valence-corrected chi connectivity index (χ2v) is 5.41. The average molecular weight is 274 g/mol. The molecular weight excluding hydrogens is 252 g/mol. The molecule has 0 spiro atoms. The van der Waals surface area contributed by atoms with Gasteiger partial charge in [-0.05, 0) is 25.5 Å². The summed E-state index contributed by atoms with van der Waals surface area (Å²) in [7, 11) is 0. The second-order valence-electron chi connectivity index (χ2n) is 5.41. The second kappa shape index (κ2) is 6.05. The maximum absolute atomic E-state index is 9.68. The molecule has 0 radical (unpaired) electrons. The quantitative estimate of drug-likeness (QED) is 0.754. The van der Waals surface area contributed by atoms with Crippen LogP contribution in [0.1, 0.15) is 33.1 Å². The summed E-state index contributed by atoms with van der Waals surface area (Å²) in [5, 5.41) is 13.1. The van der Waals surface area contributed by atoms with Crippen LogP contribution in [0, 0.1) is 0 Å². The van der Waals surface area contributed by atoms with Gasteiger partial charge in [0.2, 0.25) is 0 Å². The molecule has 2 aromatic heterocycles. The van der Waals surface area contributed by atoms with Crippen molar-refractivity contribution in [3.05, 3.63) is 24.4 Å². The molecule has 2 aromatic rings. The van der Waals surface area contributed by atoms with Crippen molar-refractivity contribution in [1.29, 1.82) is 0 Å². The molecule has 0 aliphatic heterocycles. The zero-order chi connectivity index (χ0) is 14.6. The lowest BCUT2D eigenvalue weighted by atomic mass is 9.95. The number of nitrogen functional groups attached to an aromatic ring is 1. The molecular formula is C15H22N4O. The van der Waals surface area contributed by atoms with Crippen LogP contribution in [0.2, 0.25) is 0 Å². The van der Waals surface area contributed by atoms with Crippen LogP contribution in [-0.2, 0) is 0 Å². The summed E-state index contributed by atoms with van der Waals surface area (Å²) in [4.78, 5) is 8.63. The molecule has 5 heteroatoms. The van der Waals surface area contributed by atoms with E-state index in [2.05, 4.69) is 22.2 Å². The number of hydrogen-bond acceptors (Lipinski definition) is 5. The predicted molar refractivity (Wildman–Crippen MR) is 82.6 cm³/mol. The molecule has 0 aromatic carbocycles. The molecule has 2 rings (SSSR count). The highest BCUT2D eigenvalue weighted by Crippen LogP contribution is 2.27. The Labute approximate surface area is 119 Å². The molecule has 0 saturated carbocycles. The molecule has 4 N–H and O–H groups in total. The average Bonchev–Trinajstić information content (AvgIpc) is 2.45. The van der Waals surface area contributed by atoms with E-state index in [1.165, 1.54) is 0 Å². The van der Waals surface area contributed by atoms with E-state index < -0.39 is 0 Å². The van der Waals surface area contributed by atoms with Gasteiger partial charge in [-0.2, -0.15) is 0 Å². The molecule has 5 nitrogen and oxygen atoms in total. The van der Waals surface area contributed by atoms with E-state index in [1.54, 1.807) is 12.3 Å². The first-order valence-corrected chi connectivity index (χ1v) is 6.98. The van der Waals surface area contributed by atoms with Crippen LogP contribution in [0.3, 0.4) is 0 Å². The Bertz CT molecular complexity index is 587. The summed E-state index contributed by atoms with van der Waals surface area (Å²) in [5.41, 5.74) is 7.81. The van der Waals surface area contributed by atoms with E-state index in [4.69, 9.17) is 5.73 Å². The maximum atomic E-state index is 9.68. The number of aromatic nitrogens is 2. The molecule has 2 heterocycles. The zero-order valence-electron chi connectivity index (χ0n) is 12.1. The highest BCUT2D eigenvalue weighted by atomic mass is 16.3. The summed E-state index contributed by atoms with van der Waals surface area (Å²) in [6.07, 6.45) is 4.76. The third kappa shape index (κ3) is 3.17. The van der Waals surface area contributed by atoms with Crippen LogP contribution in [-0.4, -0.2) is 27.2 Å². The van der Waals surface area contributed by atoms with Crippen LogP contribution in [0.25, 0.3) is 11.0 Å². The van der Waals surface area contributed by atoms with Crippen molar-refractivity contribution >= 4 is 22.5 Å². The van der Waals surface area contributed by atoms with Gasteiger partial charge in [0.15, 0.2) is 0 Å². The number of rotatable bonds is 6. The fraction of sp³-hybridized carbons (Fsp3) is 0.467. The number of hydrogen-bond donors (Lipinski definition) is 3. The van der Waals surface area contributed by atoms with Crippen LogP contribution in [0.5, 0.6) is 0 Å². The lowest BCUT2D eigenvalue weighted by molar-refractivity contribution is 0.212. The van der Waals surface area contributed by atoms with Gasteiger partial charge in [-0.3, -0.25) is 4.98 Å². The van der Waals surface area contributed by atoms with E-state index in [9.17, 15) is 5.11 Å². The van der Waals surface area contributed by atoms with E-state index in [1.807, 2.05) is 19.1 Å². The van der Waals surface area contributed by atoms with Crippen molar-refractivity contribution in [3.8, 4) is 0 Å². The van der Waals surface area contributed by atoms with Gasteiger partial charge in [0.25, 0.3) is 0 Å². The number of nitrogens with zero attached hydrogens (tertiary/aromatic N) is 2. The Morgan fingerprint density at radius 3 is 2.95 bits per heavy atom. The largest absolute Gasteiger partial charge is 0.394 e. The third-order valence-electron chi connectivity index (χ3n) is 3.45. The number of aliphatic hydroxyl groups is 1. The lowest BCUT2D eigenvalue weighted by Gasteiger charge is -2.30. The molecule has 0 amide bonds. The summed E-state index contributed by atoms with van der Waals surface area (Å²) < 4.78 is 0. The van der Waals surface area contributed by atoms with Gasteiger partial charge < -0.3 is 16.2 Å². The van der Waals surface area contributed by atoms with E-state index in [-0.39, 0.29) is 12.1 Å². The molecule has 0 aliphatic carbocycles. The standard InChI is InChI=1S/C15H22N4O/c1-3-4-7-15(2,10-20)19-12-9-13(16)18-11-6-5-8-17-14(11)12/h5-6,8-9,20H,3-4,7,10H2,1-2H3,(H3,16,18,19)/t15-/m1/s1. The van der Waals surface area contributed by atoms with Crippen LogP contribution < -0.4 is 11.1 Å². The number of nitrogens with two attached hydrogens (primary N) is 1. The van der Waals surface area contributed by atoms with E-state index >= 15 is 0 Å². The van der Waals surface area contributed by atoms with Gasteiger partial charge in [0.1, 0.15) is 11.3 Å². The van der Waals surface area contributed by atoms with Gasteiger partial charge in [-0.15, -0.1) is 0 Å². The molecule has 0 saturated heterocycles. The minimum Gasteiger partial charge on any atom is -0.394 e. The van der Waals surface area contributed by atoms with Crippen molar-refractivity contribution in [2.24, 2.45) is 0 Å². The molecule has 108 valence electrons. The van der Waals surface area contributed by atoms with Crippen molar-refractivity contribution in [1.82, 2.24) is 9.97 Å². The monoisotopic (exact) mass is 274 g/mol. The number of fused-ring (bicyclic) bond motifs is 1. The van der Waals surface area contributed by atoms with Gasteiger partial charge in [-0.1, -0.05) is 19.8 Å². The van der Waals surface area contributed by atoms with Crippen molar-refractivity contribution < 1.29 is 5.11 Å². The summed E-state index contributed by atoms with van der Waals surface area (Å²) in [6.45, 7) is 4.21. The Balaban J connectivity index is 2.36. The van der Waals surface area contributed by atoms with Crippen molar-refractivity contribution in [2.75, 3.05) is 17.7 Å². The van der Waals surface area contributed by atoms with Crippen molar-refractivity contribution in [3.63, 3.8) is 0 Å². The SMILES string of the molecule is CCCC[C@](C)(CO)Nc1cc(N)nc2cccnc12. The number of aliphatic hydroxyl groups excluding tert-OH is 1. The molecule has 1 atom stereocenters. The van der Waals surface area contributed by atoms with Crippen LogP contribution >= 0.6 is 0 Å². The van der Waals surface area contributed by atoms with Gasteiger partial charge in [0, 0.05) is 12.3 Å². The topological polar surface area (TPSA) is 84.1 Å². The lowest BCUT2D eigenvalue weighted by Crippen LogP contribution is -2.38. The van der Waals surface area contributed by atoms with Crippen LogP contribution in [0.15, 0.2) is 24.4 Å². The molecule has 20 heavy (non-hydrogen) atoms. The van der Waals surface area contributed by atoms with E-state index in [0.29, 0.717) is 5.82 Å². The Morgan fingerprint density at radius 2 is 2.25 bits per heavy atom. The van der Waals surface area contributed by atoms with Crippen LogP contribution in [0.4, 0.5) is 11.5 Å². The smallest absolute Gasteiger partial charge is 0.126 e. The Morgan fingerprint density at radius 1 is 1.45 bits per heavy atom. The summed E-state index contributed by atoms with van der Waals surface area (Å²) in [6, 6.07) is 5.49. The molecule has 0 fully saturated rings. The van der Waals surface area contributed by atoms with Gasteiger partial charge in [0.05, 0.1) is 23.3 Å². The number of unbranched alkanes of at least 4 members (excludes halogenated alkanes) is 1. The fourth-order valence-corrected chi connectivity index (χ4v) is 2.25. The normalized spacial score (nSPS) is 14.2. The Hall–Kier alpha value is -1.88. The Kier molecular flexibility index (Phi) is 4.39. The van der Waals surface area contributed by atoms with Gasteiger partial charge >= 0.3 is 0 Å². The fourth-order valence-electron chi connectivity index (χ4n) is 2.25. The maximum Gasteiger partial charge on any atom is 0.126 e. The highest BCUT2D eigenvalue weighted by Gasteiger charge is 2.23. The molecule has 0 aliphatic rings. The molecule has 0 unspecified atom stereocenters. The summed E-state index contributed by atoms with van der Waals surface area (Å²) in [5.74, 6) is 0.448. The first-order valence-electron chi connectivity index (χ1n) is 6.98. The minimum atomic E-state index is -0.381. The highest BCUT2D eigenvalue weighted by molar-refractivity contribution is 5.89. The van der Waals surface area contributed by atoms with Crippen molar-refractivity contribution in [2.45, 2.75) is 38.6 Å². The first-order chi connectivity index (χ1) is 9.58. The summed E-state index contributed by atoms with van der Waals surface area (Å²) >= 11 is 0.